The van der Waals surface area contributed by atoms with Crippen LogP contribution in [0.15, 0.2) is 23.1 Å². The van der Waals surface area contributed by atoms with E-state index in [0.29, 0.717) is 37.5 Å². The van der Waals surface area contributed by atoms with Crippen molar-refractivity contribution >= 4 is 28.3 Å². The van der Waals surface area contributed by atoms with Crippen molar-refractivity contribution in [3.05, 3.63) is 29.3 Å². The third-order valence-electron chi connectivity index (χ3n) is 5.71. The van der Waals surface area contributed by atoms with Crippen LogP contribution in [0.25, 0.3) is 0 Å². The molecule has 1 saturated heterocycles. The molecule has 2 fully saturated rings. The lowest BCUT2D eigenvalue weighted by Gasteiger charge is -2.35. The lowest BCUT2D eigenvalue weighted by Crippen LogP contribution is -2.51. The van der Waals surface area contributed by atoms with Gasteiger partial charge in [0.25, 0.3) is 0 Å². The number of nitrogens with two attached hydrogens (primary N) is 1. The molecule has 152 valence electrons. The molecule has 1 aliphatic carbocycles. The zero-order chi connectivity index (χ0) is 18.9. The second-order valence-corrected chi connectivity index (χ2v) is 9.52. The van der Waals surface area contributed by atoms with Crippen LogP contribution in [0.2, 0.25) is 0 Å². The molecular weight excluding hydrogens is 386 g/mol. The Hall–Kier alpha value is -1.15. The molecule has 0 unspecified atom stereocenters. The van der Waals surface area contributed by atoms with Crippen molar-refractivity contribution in [1.82, 2.24) is 9.21 Å². The Kier molecular flexibility index (Phi) is 7.30. The third kappa shape index (κ3) is 4.83. The fourth-order valence-corrected chi connectivity index (χ4v) is 5.71. The maximum Gasteiger partial charge on any atom is 0.243 e. The molecule has 0 spiro atoms. The Labute approximate surface area is 168 Å². The largest absolute Gasteiger partial charge is 0.340 e. The lowest BCUT2D eigenvalue weighted by atomic mass is 9.99. The van der Waals surface area contributed by atoms with Crippen LogP contribution in [-0.2, 0) is 14.8 Å². The summed E-state index contributed by atoms with van der Waals surface area (Å²) < 4.78 is 27.4. The highest BCUT2D eigenvalue weighted by atomic mass is 35.5. The first-order valence-electron chi connectivity index (χ1n) is 9.40. The number of carbonyl (C=O) groups excluding carboxylic acids is 1. The molecule has 1 heterocycles. The van der Waals surface area contributed by atoms with Gasteiger partial charge >= 0.3 is 0 Å². The molecule has 1 aromatic carbocycles. The van der Waals surface area contributed by atoms with Crippen molar-refractivity contribution in [2.24, 2.45) is 11.7 Å². The molecule has 1 aromatic rings. The van der Waals surface area contributed by atoms with Gasteiger partial charge in [0, 0.05) is 38.6 Å². The third-order valence-corrected chi connectivity index (χ3v) is 7.75. The Morgan fingerprint density at radius 2 is 1.81 bits per heavy atom. The average molecular weight is 416 g/mol. The van der Waals surface area contributed by atoms with Crippen LogP contribution in [0, 0.1) is 19.8 Å². The van der Waals surface area contributed by atoms with Crippen molar-refractivity contribution < 1.29 is 13.2 Å². The maximum atomic E-state index is 13.0. The van der Waals surface area contributed by atoms with Crippen LogP contribution in [0.5, 0.6) is 0 Å². The molecule has 0 aromatic heterocycles. The first-order valence-corrected chi connectivity index (χ1v) is 10.8. The predicted octanol–water partition coefficient (Wildman–Crippen LogP) is 2.08. The average Bonchev–Trinajstić information content (AvgIpc) is 3.02. The van der Waals surface area contributed by atoms with Gasteiger partial charge in [-0.3, -0.25) is 4.79 Å². The van der Waals surface area contributed by atoms with E-state index in [1.807, 2.05) is 26.0 Å². The van der Waals surface area contributed by atoms with E-state index in [-0.39, 0.29) is 30.3 Å². The molecule has 1 amide bonds. The van der Waals surface area contributed by atoms with Gasteiger partial charge < -0.3 is 10.6 Å². The molecular formula is C19H30ClN3O3S. The second-order valence-electron chi connectivity index (χ2n) is 7.61. The van der Waals surface area contributed by atoms with Crippen LogP contribution in [0.4, 0.5) is 0 Å². The highest BCUT2D eigenvalue weighted by Gasteiger charge is 2.33. The standard InChI is InChI=1S/C19H29N3O3S.ClH/c1-14-6-7-15(2)18(12-14)26(24,25)22-10-8-21(9-11-22)19(23)13-16-4-3-5-17(16)20;/h6-7,12,16-17H,3-5,8-11,13,20H2,1-2H3;1H/t16-,17+;/m0./s1. The van der Waals surface area contributed by atoms with Gasteiger partial charge in [-0.05, 0) is 49.8 Å². The summed E-state index contributed by atoms with van der Waals surface area (Å²) in [4.78, 5) is 14.7. The van der Waals surface area contributed by atoms with Crippen LogP contribution in [-0.4, -0.2) is 55.8 Å². The molecule has 0 radical (unpaired) electrons. The molecule has 3 rings (SSSR count). The van der Waals surface area contributed by atoms with Gasteiger partial charge in [-0.15, -0.1) is 12.4 Å². The van der Waals surface area contributed by atoms with Crippen molar-refractivity contribution in [2.75, 3.05) is 26.2 Å². The van der Waals surface area contributed by atoms with Gasteiger partial charge in [0.1, 0.15) is 0 Å². The van der Waals surface area contributed by atoms with Crippen LogP contribution < -0.4 is 5.73 Å². The summed E-state index contributed by atoms with van der Waals surface area (Å²) in [5, 5.41) is 0. The van der Waals surface area contributed by atoms with Crippen molar-refractivity contribution in [2.45, 2.75) is 50.5 Å². The summed E-state index contributed by atoms with van der Waals surface area (Å²) in [5.74, 6) is 0.385. The van der Waals surface area contributed by atoms with Gasteiger partial charge in [-0.25, -0.2) is 8.42 Å². The molecule has 2 atom stereocenters. The smallest absolute Gasteiger partial charge is 0.243 e. The SMILES string of the molecule is Cc1ccc(C)c(S(=O)(=O)N2CCN(C(=O)C[C@@H]3CCC[C@H]3N)CC2)c1.Cl. The second kappa shape index (κ2) is 8.90. The van der Waals surface area contributed by atoms with E-state index in [4.69, 9.17) is 5.73 Å². The lowest BCUT2D eigenvalue weighted by molar-refractivity contribution is -0.133. The molecule has 1 aliphatic heterocycles. The zero-order valence-corrected chi connectivity index (χ0v) is 17.7. The summed E-state index contributed by atoms with van der Waals surface area (Å²) in [6.45, 7) is 5.30. The number of hydrogen-bond donors (Lipinski definition) is 1. The first kappa shape index (κ1) is 22.1. The number of sulfonamides is 1. The Morgan fingerprint density at radius 3 is 2.41 bits per heavy atom. The fourth-order valence-electron chi connectivity index (χ4n) is 3.97. The normalized spacial score (nSPS) is 23.9. The van der Waals surface area contributed by atoms with Crippen LogP contribution in [0.3, 0.4) is 0 Å². The minimum atomic E-state index is -3.52. The minimum Gasteiger partial charge on any atom is -0.340 e. The van der Waals surface area contributed by atoms with Gasteiger partial charge in [-0.2, -0.15) is 4.31 Å². The molecule has 2 aliphatic rings. The van der Waals surface area contributed by atoms with Crippen molar-refractivity contribution in [1.29, 1.82) is 0 Å². The Balaban J connectivity index is 0.00000261. The summed E-state index contributed by atoms with van der Waals surface area (Å²) in [5.41, 5.74) is 7.75. The molecule has 27 heavy (non-hydrogen) atoms. The maximum absolute atomic E-state index is 13.0. The van der Waals surface area contributed by atoms with Gasteiger partial charge in [0.2, 0.25) is 15.9 Å². The molecule has 0 bridgehead atoms. The number of rotatable bonds is 4. The summed E-state index contributed by atoms with van der Waals surface area (Å²) in [7, 11) is -3.52. The first-order chi connectivity index (χ1) is 12.3. The van der Waals surface area contributed by atoms with E-state index in [9.17, 15) is 13.2 Å². The number of carbonyl (C=O) groups is 1. The van der Waals surface area contributed by atoms with Crippen molar-refractivity contribution in [3.63, 3.8) is 0 Å². The minimum absolute atomic E-state index is 0. The van der Waals surface area contributed by atoms with Gasteiger partial charge in [0.05, 0.1) is 4.90 Å². The quantitative estimate of drug-likeness (QED) is 0.815. The van der Waals surface area contributed by atoms with Crippen LogP contribution >= 0.6 is 12.4 Å². The zero-order valence-electron chi connectivity index (χ0n) is 16.1. The van der Waals surface area contributed by atoms with E-state index < -0.39 is 10.0 Å². The number of benzene rings is 1. The monoisotopic (exact) mass is 415 g/mol. The number of hydrogen-bond acceptors (Lipinski definition) is 4. The number of amides is 1. The van der Waals surface area contributed by atoms with E-state index >= 15 is 0 Å². The van der Waals surface area contributed by atoms with Crippen molar-refractivity contribution in [3.8, 4) is 0 Å². The highest BCUT2D eigenvalue weighted by molar-refractivity contribution is 7.89. The fraction of sp³-hybridized carbons (Fsp3) is 0.632. The Morgan fingerprint density at radius 1 is 1.15 bits per heavy atom. The summed E-state index contributed by atoms with van der Waals surface area (Å²) in [6, 6.07) is 5.61. The number of nitrogens with zero attached hydrogens (tertiary/aromatic N) is 2. The van der Waals surface area contributed by atoms with E-state index in [2.05, 4.69) is 0 Å². The molecule has 6 nitrogen and oxygen atoms in total. The highest BCUT2D eigenvalue weighted by Crippen LogP contribution is 2.28. The van der Waals surface area contributed by atoms with E-state index in [0.717, 1.165) is 30.4 Å². The number of piperazine rings is 1. The number of aryl methyl sites for hydroxylation is 2. The predicted molar refractivity (Wildman–Crippen MR) is 108 cm³/mol. The van der Waals surface area contributed by atoms with E-state index in [1.165, 1.54) is 4.31 Å². The molecule has 1 saturated carbocycles. The van der Waals surface area contributed by atoms with Crippen LogP contribution in [0.1, 0.15) is 36.8 Å². The molecule has 8 heteroatoms. The number of halogens is 1. The molecule has 2 N–H and O–H groups in total. The summed E-state index contributed by atoms with van der Waals surface area (Å²) in [6.07, 6.45) is 3.61. The van der Waals surface area contributed by atoms with Gasteiger partial charge in [0.15, 0.2) is 0 Å². The van der Waals surface area contributed by atoms with Gasteiger partial charge in [-0.1, -0.05) is 18.6 Å². The summed E-state index contributed by atoms with van der Waals surface area (Å²) >= 11 is 0. The Bertz CT molecular complexity index is 776. The van der Waals surface area contributed by atoms with E-state index in [1.54, 1.807) is 11.0 Å². The topological polar surface area (TPSA) is 83.7 Å².